The fraction of sp³-hybridized carbons (Fsp3) is 0.238. The number of alkyl halides is 3. The highest BCUT2D eigenvalue weighted by Gasteiger charge is 2.52. The van der Waals surface area contributed by atoms with Gasteiger partial charge < -0.3 is 9.64 Å². The lowest BCUT2D eigenvalue weighted by Gasteiger charge is -2.45. The Hall–Kier alpha value is -3.29. The van der Waals surface area contributed by atoms with E-state index in [1.807, 2.05) is 0 Å². The van der Waals surface area contributed by atoms with Gasteiger partial charge in [-0.15, -0.1) is 0 Å². The van der Waals surface area contributed by atoms with Crippen molar-refractivity contribution >= 4 is 17.5 Å². The number of carbonyl (C=O) groups excluding carboxylic acids is 2. The summed E-state index contributed by atoms with van der Waals surface area (Å²) in [5.74, 6) is -0.700. The minimum absolute atomic E-state index is 0.0766. The lowest BCUT2D eigenvalue weighted by molar-refractivity contribution is -0.162. The van der Waals surface area contributed by atoms with Crippen molar-refractivity contribution in [2.75, 3.05) is 18.5 Å². The summed E-state index contributed by atoms with van der Waals surface area (Å²) < 4.78 is 46.7. The van der Waals surface area contributed by atoms with Crippen molar-refractivity contribution in [3.8, 4) is 0 Å². The quantitative estimate of drug-likeness (QED) is 0.732. The molecular formula is C21H17F3N2O3. The summed E-state index contributed by atoms with van der Waals surface area (Å²) in [5.41, 5.74) is -1.82. The first-order valence-corrected chi connectivity index (χ1v) is 8.87. The van der Waals surface area contributed by atoms with Gasteiger partial charge in [-0.2, -0.15) is 13.2 Å². The number of ether oxygens (including phenoxy) is 1. The predicted octanol–water partition coefficient (Wildman–Crippen LogP) is 3.65. The summed E-state index contributed by atoms with van der Waals surface area (Å²) in [6.07, 6.45) is -3.37. The lowest BCUT2D eigenvalue weighted by atomic mass is 9.88. The van der Waals surface area contributed by atoms with Gasteiger partial charge in [-0.1, -0.05) is 30.3 Å². The van der Waals surface area contributed by atoms with Crippen LogP contribution in [0.5, 0.6) is 0 Å². The molecule has 1 atom stereocenters. The van der Waals surface area contributed by atoms with Gasteiger partial charge in [0.15, 0.2) is 0 Å². The second kappa shape index (κ2) is 6.37. The second-order valence-corrected chi connectivity index (χ2v) is 6.97. The number of rotatable bonds is 1. The smallest absolute Gasteiger partial charge is 0.416 e. The van der Waals surface area contributed by atoms with Gasteiger partial charge in [-0.25, -0.2) is 0 Å². The highest BCUT2D eigenvalue weighted by atomic mass is 19.4. The summed E-state index contributed by atoms with van der Waals surface area (Å²) in [7, 11) is 1.47. The zero-order valence-electron chi connectivity index (χ0n) is 15.7. The third-order valence-corrected chi connectivity index (χ3v) is 5.16. The largest absolute Gasteiger partial charge is 0.464 e. The van der Waals surface area contributed by atoms with E-state index in [1.165, 1.54) is 29.0 Å². The van der Waals surface area contributed by atoms with Crippen molar-refractivity contribution in [2.45, 2.75) is 18.8 Å². The molecule has 0 saturated carbocycles. The predicted molar refractivity (Wildman–Crippen MR) is 98.6 cm³/mol. The zero-order valence-corrected chi connectivity index (χ0v) is 15.7. The number of likely N-dealkylation sites (N-methyl/N-ethyl adjacent to an activating group) is 1. The fourth-order valence-corrected chi connectivity index (χ4v) is 3.80. The van der Waals surface area contributed by atoms with E-state index < -0.39 is 29.3 Å². The maximum absolute atomic E-state index is 13.5. The molecule has 0 aliphatic carbocycles. The Morgan fingerprint density at radius 1 is 1.07 bits per heavy atom. The van der Waals surface area contributed by atoms with Crippen molar-refractivity contribution < 1.29 is 27.5 Å². The minimum Gasteiger partial charge on any atom is -0.464 e. The Bertz CT molecular complexity index is 1030. The Morgan fingerprint density at radius 3 is 2.41 bits per heavy atom. The van der Waals surface area contributed by atoms with Crippen LogP contribution in [0.2, 0.25) is 0 Å². The molecule has 0 fully saturated rings. The maximum atomic E-state index is 13.5. The molecule has 1 unspecified atom stereocenters. The van der Waals surface area contributed by atoms with Crippen LogP contribution in [0, 0.1) is 0 Å². The molecule has 0 spiro atoms. The molecule has 2 aromatic carbocycles. The van der Waals surface area contributed by atoms with Gasteiger partial charge in [0.2, 0.25) is 11.6 Å². The molecule has 2 amide bonds. The molecule has 2 heterocycles. The van der Waals surface area contributed by atoms with E-state index in [9.17, 15) is 22.8 Å². The van der Waals surface area contributed by atoms with E-state index in [-0.39, 0.29) is 23.6 Å². The van der Waals surface area contributed by atoms with Crippen molar-refractivity contribution in [1.82, 2.24) is 4.90 Å². The first kappa shape index (κ1) is 19.0. The van der Waals surface area contributed by atoms with Gasteiger partial charge in [0.05, 0.1) is 11.3 Å². The molecule has 2 aromatic rings. The Labute approximate surface area is 165 Å². The van der Waals surface area contributed by atoms with Gasteiger partial charge in [0, 0.05) is 24.3 Å². The van der Waals surface area contributed by atoms with E-state index in [2.05, 4.69) is 0 Å². The van der Waals surface area contributed by atoms with Gasteiger partial charge in [-0.05, 0) is 25.1 Å². The zero-order chi connectivity index (χ0) is 21.0. The van der Waals surface area contributed by atoms with Crippen LogP contribution in [0.4, 0.5) is 18.9 Å². The molecule has 29 heavy (non-hydrogen) atoms. The number of hydrogen-bond donors (Lipinski definition) is 0. The average molecular weight is 402 g/mol. The van der Waals surface area contributed by atoms with Crippen LogP contribution in [-0.2, 0) is 26.2 Å². The number of benzene rings is 2. The highest BCUT2D eigenvalue weighted by molar-refractivity contribution is 6.01. The van der Waals surface area contributed by atoms with Crippen LogP contribution >= 0.6 is 0 Å². The monoisotopic (exact) mass is 402 g/mol. The minimum atomic E-state index is -4.60. The van der Waals surface area contributed by atoms with Crippen LogP contribution < -0.4 is 4.90 Å². The van der Waals surface area contributed by atoms with Crippen molar-refractivity contribution in [3.63, 3.8) is 0 Å². The van der Waals surface area contributed by atoms with Crippen LogP contribution in [0.3, 0.4) is 0 Å². The Morgan fingerprint density at radius 2 is 1.76 bits per heavy atom. The van der Waals surface area contributed by atoms with E-state index in [1.54, 1.807) is 37.3 Å². The number of hydrogen-bond acceptors (Lipinski definition) is 3. The molecule has 150 valence electrons. The number of amides is 2. The second-order valence-electron chi connectivity index (χ2n) is 6.97. The molecule has 0 aromatic heterocycles. The number of nitrogens with zero attached hydrogens (tertiary/aromatic N) is 2. The van der Waals surface area contributed by atoms with Crippen LogP contribution in [0.15, 0.2) is 60.4 Å². The Kier molecular flexibility index (Phi) is 4.18. The summed E-state index contributed by atoms with van der Waals surface area (Å²) in [6, 6.07) is 11.6. The topological polar surface area (TPSA) is 49.9 Å². The molecule has 0 bridgehead atoms. The number of carbonyl (C=O) groups is 2. The maximum Gasteiger partial charge on any atom is 0.416 e. The van der Waals surface area contributed by atoms with E-state index in [0.29, 0.717) is 5.56 Å². The first-order valence-electron chi connectivity index (χ1n) is 8.87. The molecule has 0 saturated heterocycles. The molecule has 2 aliphatic rings. The van der Waals surface area contributed by atoms with Gasteiger partial charge in [-0.3, -0.25) is 14.5 Å². The van der Waals surface area contributed by atoms with Gasteiger partial charge in [0.1, 0.15) is 12.3 Å². The Balaban J connectivity index is 2.12. The first-order chi connectivity index (χ1) is 13.6. The average Bonchev–Trinajstić information content (AvgIpc) is 2.77. The summed E-state index contributed by atoms with van der Waals surface area (Å²) in [5, 5.41) is 0. The van der Waals surface area contributed by atoms with Crippen LogP contribution in [-0.4, -0.2) is 30.3 Å². The van der Waals surface area contributed by atoms with E-state index >= 15 is 0 Å². The molecule has 5 nitrogen and oxygen atoms in total. The van der Waals surface area contributed by atoms with E-state index in [4.69, 9.17) is 4.74 Å². The van der Waals surface area contributed by atoms with E-state index in [0.717, 1.165) is 12.1 Å². The number of halogens is 3. The molecule has 0 N–H and O–H groups in total. The SMILES string of the molecule is CC1=CC(=O)N2CC(=O)N(C)c3ccc(C(F)(F)F)cc3C2(c2ccccc2)O1. The number of anilines is 1. The lowest BCUT2D eigenvalue weighted by Crippen LogP contribution is -2.54. The van der Waals surface area contributed by atoms with Gasteiger partial charge in [0.25, 0.3) is 5.91 Å². The summed E-state index contributed by atoms with van der Waals surface area (Å²) in [4.78, 5) is 28.1. The molecule has 8 heteroatoms. The van der Waals surface area contributed by atoms with Crippen molar-refractivity contribution in [3.05, 3.63) is 77.1 Å². The standard InChI is InChI=1S/C21H17F3N2O3/c1-13-10-18(27)26-12-19(28)25(2)17-9-8-15(21(22,23)24)11-16(17)20(26,29-13)14-6-4-3-5-7-14/h3-11H,12H2,1-2H3. The van der Waals surface area contributed by atoms with Gasteiger partial charge >= 0.3 is 6.18 Å². The summed E-state index contributed by atoms with van der Waals surface area (Å²) in [6.45, 7) is 1.22. The number of fused-ring (bicyclic) bond motifs is 3. The third kappa shape index (κ3) is 2.86. The van der Waals surface area contributed by atoms with Crippen LogP contribution in [0.25, 0.3) is 0 Å². The summed E-state index contributed by atoms with van der Waals surface area (Å²) >= 11 is 0. The number of allylic oxidation sites excluding steroid dienone is 1. The molecule has 0 radical (unpaired) electrons. The third-order valence-electron chi connectivity index (χ3n) is 5.16. The van der Waals surface area contributed by atoms with Crippen LogP contribution in [0.1, 0.15) is 23.6 Å². The molecule has 2 aliphatic heterocycles. The molecular weight excluding hydrogens is 385 g/mol. The molecule has 4 rings (SSSR count). The fourth-order valence-electron chi connectivity index (χ4n) is 3.80. The van der Waals surface area contributed by atoms with Crippen molar-refractivity contribution in [2.24, 2.45) is 0 Å². The highest BCUT2D eigenvalue weighted by Crippen LogP contribution is 2.48. The van der Waals surface area contributed by atoms with Crippen molar-refractivity contribution in [1.29, 1.82) is 0 Å². The normalized spacial score (nSPS) is 21.8.